The van der Waals surface area contributed by atoms with Gasteiger partial charge in [-0.3, -0.25) is 0 Å². The Labute approximate surface area is 166 Å². The molecule has 1 heterocycles. The second-order valence-corrected chi connectivity index (χ2v) is 8.51. The number of rotatable bonds is 5. The molecule has 1 aromatic rings. The first kappa shape index (κ1) is 19.6. The smallest absolute Gasteiger partial charge is 0.410 e. The summed E-state index contributed by atoms with van der Waals surface area (Å²) in [5, 5.41) is 0. The van der Waals surface area contributed by atoms with Crippen LogP contribution in [0.1, 0.15) is 62.8 Å². The van der Waals surface area contributed by atoms with Gasteiger partial charge in [-0.15, -0.1) is 0 Å². The summed E-state index contributed by atoms with van der Waals surface area (Å²) >= 11 is 0. The number of nitrogens with zero attached hydrogens (tertiary/aromatic N) is 1. The number of piperidine rings is 1. The van der Waals surface area contributed by atoms with Crippen molar-refractivity contribution in [3.63, 3.8) is 0 Å². The molecule has 2 saturated carbocycles. The quantitative estimate of drug-likeness (QED) is 0.827. The molecule has 1 amide bonds. The van der Waals surface area contributed by atoms with Gasteiger partial charge in [0.2, 0.25) is 0 Å². The highest BCUT2D eigenvalue weighted by Crippen LogP contribution is 2.34. The number of nitrogens with two attached hydrogens (primary N) is 1. The zero-order chi connectivity index (χ0) is 19.5. The van der Waals surface area contributed by atoms with Crippen molar-refractivity contribution < 1.29 is 18.7 Å². The van der Waals surface area contributed by atoms with Gasteiger partial charge in [-0.05, 0) is 75.0 Å². The van der Waals surface area contributed by atoms with Crippen LogP contribution in [0, 0.1) is 5.82 Å². The molecule has 0 spiro atoms. The van der Waals surface area contributed by atoms with Crippen molar-refractivity contribution in [2.24, 2.45) is 5.73 Å². The van der Waals surface area contributed by atoms with Crippen LogP contribution < -0.4 is 5.73 Å². The molecule has 3 fully saturated rings. The lowest BCUT2D eigenvalue weighted by atomic mass is 9.82. The predicted molar refractivity (Wildman–Crippen MR) is 105 cm³/mol. The van der Waals surface area contributed by atoms with Crippen molar-refractivity contribution in [3.05, 3.63) is 35.6 Å². The van der Waals surface area contributed by atoms with Gasteiger partial charge in [0.05, 0.1) is 18.8 Å². The van der Waals surface area contributed by atoms with Crippen LogP contribution in [0.2, 0.25) is 0 Å². The SMILES string of the molecule is NC1CCCN(C(=O)OC2CC2)[C@H]1CO[C@H]1CC[C@@H](c2cccc(F)c2)CC1. The van der Waals surface area contributed by atoms with E-state index in [1.807, 2.05) is 6.07 Å². The number of likely N-dealkylation sites (tertiary alicyclic amines) is 1. The van der Waals surface area contributed by atoms with Crippen LogP contribution in [-0.2, 0) is 9.47 Å². The average molecular weight is 390 g/mol. The van der Waals surface area contributed by atoms with Crippen LogP contribution in [0.15, 0.2) is 24.3 Å². The molecule has 1 aliphatic heterocycles. The number of carbonyl (C=O) groups excluding carboxylic acids is 1. The van der Waals surface area contributed by atoms with E-state index in [-0.39, 0.29) is 36.2 Å². The third kappa shape index (κ3) is 4.84. The highest BCUT2D eigenvalue weighted by molar-refractivity contribution is 5.68. The van der Waals surface area contributed by atoms with Crippen molar-refractivity contribution in [2.45, 2.75) is 81.6 Å². The normalized spacial score (nSPS) is 30.9. The number of carbonyl (C=O) groups is 1. The summed E-state index contributed by atoms with van der Waals surface area (Å²) in [6.07, 6.45) is 7.72. The van der Waals surface area contributed by atoms with E-state index in [2.05, 4.69) is 0 Å². The zero-order valence-corrected chi connectivity index (χ0v) is 16.4. The lowest BCUT2D eigenvalue weighted by molar-refractivity contribution is -0.0258. The predicted octanol–water partition coefficient (Wildman–Crippen LogP) is 3.96. The second-order valence-electron chi connectivity index (χ2n) is 8.51. The number of halogens is 1. The van der Waals surface area contributed by atoms with Crippen molar-refractivity contribution >= 4 is 6.09 Å². The van der Waals surface area contributed by atoms with E-state index in [0.29, 0.717) is 19.1 Å². The van der Waals surface area contributed by atoms with Crippen LogP contribution >= 0.6 is 0 Å². The Morgan fingerprint density at radius 3 is 2.57 bits per heavy atom. The van der Waals surface area contributed by atoms with Crippen molar-refractivity contribution in [2.75, 3.05) is 13.2 Å². The van der Waals surface area contributed by atoms with E-state index >= 15 is 0 Å². The third-order valence-corrected chi connectivity index (χ3v) is 6.35. The third-order valence-electron chi connectivity index (χ3n) is 6.35. The van der Waals surface area contributed by atoms with Gasteiger partial charge < -0.3 is 20.1 Å². The minimum Gasteiger partial charge on any atom is -0.446 e. The summed E-state index contributed by atoms with van der Waals surface area (Å²) in [6.45, 7) is 1.16. The fourth-order valence-corrected chi connectivity index (χ4v) is 4.48. The first-order chi connectivity index (χ1) is 13.6. The molecule has 1 saturated heterocycles. The zero-order valence-electron chi connectivity index (χ0n) is 16.4. The molecule has 154 valence electrons. The lowest BCUT2D eigenvalue weighted by Crippen LogP contribution is -2.57. The second kappa shape index (κ2) is 8.78. The Morgan fingerprint density at radius 2 is 1.86 bits per heavy atom. The minimum absolute atomic E-state index is 0.0656. The van der Waals surface area contributed by atoms with Gasteiger partial charge in [0.15, 0.2) is 0 Å². The molecular weight excluding hydrogens is 359 g/mol. The highest BCUT2D eigenvalue weighted by Gasteiger charge is 2.37. The topological polar surface area (TPSA) is 64.8 Å². The van der Waals surface area contributed by atoms with Crippen molar-refractivity contribution in [1.82, 2.24) is 4.90 Å². The molecule has 0 radical (unpaired) electrons. The highest BCUT2D eigenvalue weighted by atomic mass is 19.1. The maximum Gasteiger partial charge on any atom is 0.410 e. The molecule has 2 N–H and O–H groups in total. The van der Waals surface area contributed by atoms with Gasteiger partial charge in [0.25, 0.3) is 0 Å². The molecule has 3 aliphatic rings. The van der Waals surface area contributed by atoms with Crippen molar-refractivity contribution in [3.8, 4) is 0 Å². The Morgan fingerprint density at radius 1 is 1.11 bits per heavy atom. The molecule has 4 rings (SSSR count). The van der Waals surface area contributed by atoms with Crippen LogP contribution in [0.4, 0.5) is 9.18 Å². The van der Waals surface area contributed by atoms with Gasteiger partial charge in [-0.25, -0.2) is 9.18 Å². The van der Waals surface area contributed by atoms with Crippen LogP contribution in [0.5, 0.6) is 0 Å². The Balaban J connectivity index is 1.27. The molecule has 1 unspecified atom stereocenters. The van der Waals surface area contributed by atoms with Crippen LogP contribution in [-0.4, -0.2) is 48.4 Å². The standard InChI is InChI=1S/C22H31FN2O3/c23-17-4-1-3-16(13-17)15-6-8-18(9-7-15)27-14-21-20(24)5-2-12-25(21)22(26)28-19-10-11-19/h1,3-4,13,15,18-21H,2,5-12,14,24H2/t15-,18+,20?,21-/m0/s1. The number of hydrogen-bond donors (Lipinski definition) is 1. The Kier molecular flexibility index (Phi) is 6.16. The van der Waals surface area contributed by atoms with Gasteiger partial charge in [0, 0.05) is 12.6 Å². The molecule has 2 atom stereocenters. The van der Waals surface area contributed by atoms with E-state index in [0.717, 1.165) is 56.9 Å². The number of ether oxygens (including phenoxy) is 2. The largest absolute Gasteiger partial charge is 0.446 e. The number of benzene rings is 1. The molecule has 2 aliphatic carbocycles. The van der Waals surface area contributed by atoms with Crippen LogP contribution in [0.25, 0.3) is 0 Å². The fraction of sp³-hybridized carbons (Fsp3) is 0.682. The summed E-state index contributed by atoms with van der Waals surface area (Å²) in [5.41, 5.74) is 7.40. The average Bonchev–Trinajstić information content (AvgIpc) is 3.51. The summed E-state index contributed by atoms with van der Waals surface area (Å²) in [5.74, 6) is 0.234. The molecule has 6 heteroatoms. The van der Waals surface area contributed by atoms with E-state index in [1.54, 1.807) is 17.0 Å². The number of amides is 1. The number of hydrogen-bond acceptors (Lipinski definition) is 4. The molecule has 1 aromatic carbocycles. The summed E-state index contributed by atoms with van der Waals surface area (Å²) in [4.78, 5) is 14.2. The lowest BCUT2D eigenvalue weighted by Gasteiger charge is -2.40. The maximum absolute atomic E-state index is 13.5. The molecule has 0 aromatic heterocycles. The van der Waals surface area contributed by atoms with Gasteiger partial charge in [-0.2, -0.15) is 0 Å². The summed E-state index contributed by atoms with van der Waals surface area (Å²) < 4.78 is 25.2. The van der Waals surface area contributed by atoms with Gasteiger partial charge >= 0.3 is 6.09 Å². The van der Waals surface area contributed by atoms with E-state index < -0.39 is 0 Å². The molecular formula is C22H31FN2O3. The maximum atomic E-state index is 13.5. The molecule has 5 nitrogen and oxygen atoms in total. The van der Waals surface area contributed by atoms with Crippen molar-refractivity contribution in [1.29, 1.82) is 0 Å². The first-order valence-electron chi connectivity index (χ1n) is 10.7. The van der Waals surface area contributed by atoms with Crippen LogP contribution in [0.3, 0.4) is 0 Å². The Bertz CT molecular complexity index is 674. The summed E-state index contributed by atoms with van der Waals surface area (Å²) in [7, 11) is 0. The Hall–Kier alpha value is -1.66. The van der Waals surface area contributed by atoms with E-state index in [1.165, 1.54) is 6.07 Å². The fourth-order valence-electron chi connectivity index (χ4n) is 4.48. The summed E-state index contributed by atoms with van der Waals surface area (Å²) in [6, 6.07) is 6.76. The minimum atomic E-state index is -0.235. The first-order valence-corrected chi connectivity index (χ1v) is 10.7. The monoisotopic (exact) mass is 390 g/mol. The van der Waals surface area contributed by atoms with Gasteiger partial charge in [0.1, 0.15) is 11.9 Å². The van der Waals surface area contributed by atoms with E-state index in [4.69, 9.17) is 15.2 Å². The molecule has 0 bridgehead atoms. The van der Waals surface area contributed by atoms with E-state index in [9.17, 15) is 9.18 Å². The van der Waals surface area contributed by atoms with Gasteiger partial charge in [-0.1, -0.05) is 12.1 Å². The molecule has 28 heavy (non-hydrogen) atoms.